The van der Waals surface area contributed by atoms with Crippen molar-refractivity contribution in [3.05, 3.63) is 89.9 Å². The molecule has 4 rings (SSSR count). The summed E-state index contributed by atoms with van der Waals surface area (Å²) in [5, 5.41) is 3.11. The van der Waals surface area contributed by atoms with Gasteiger partial charge in [0.15, 0.2) is 0 Å². The van der Waals surface area contributed by atoms with Gasteiger partial charge in [-0.05, 0) is 42.7 Å². The topological polar surface area (TPSA) is 42.0 Å². The van der Waals surface area contributed by atoms with E-state index in [0.717, 1.165) is 35.4 Å². The average Bonchev–Trinajstić information content (AvgIpc) is 2.71. The van der Waals surface area contributed by atoms with Gasteiger partial charge in [-0.3, -0.25) is 9.78 Å². The molecule has 0 unspecified atom stereocenters. The van der Waals surface area contributed by atoms with Crippen molar-refractivity contribution in [3.63, 3.8) is 0 Å². The standard InChI is InChI=1S/C23H21FN2O/c24-18-14-12-17(13-15-18)23(21-10-5-11-22(27)26-21)20-9-4-8-19(25-20)16-6-2-1-3-7-16/h1-4,6-9,12-15,21,23H,5,10-11H2,(H,26,27)/t21-,23+/m1/s1. The number of halogens is 1. The van der Waals surface area contributed by atoms with Gasteiger partial charge in [0.05, 0.1) is 11.4 Å². The molecule has 0 spiro atoms. The molecule has 2 atom stereocenters. The maximum atomic E-state index is 13.5. The van der Waals surface area contributed by atoms with Crippen molar-refractivity contribution in [2.75, 3.05) is 0 Å². The van der Waals surface area contributed by atoms with Crippen LogP contribution in [0.3, 0.4) is 0 Å². The molecule has 0 radical (unpaired) electrons. The molecule has 3 nitrogen and oxygen atoms in total. The summed E-state index contributed by atoms with van der Waals surface area (Å²) >= 11 is 0. The molecule has 1 fully saturated rings. The number of nitrogens with one attached hydrogen (secondary N) is 1. The molecule has 0 aliphatic carbocycles. The number of aromatic nitrogens is 1. The Labute approximate surface area is 158 Å². The van der Waals surface area contributed by atoms with Crippen LogP contribution in [0.25, 0.3) is 11.3 Å². The number of benzene rings is 2. The monoisotopic (exact) mass is 360 g/mol. The van der Waals surface area contributed by atoms with Gasteiger partial charge in [0, 0.05) is 23.9 Å². The zero-order valence-electron chi connectivity index (χ0n) is 14.9. The Morgan fingerprint density at radius 1 is 0.963 bits per heavy atom. The third-order valence-corrected chi connectivity index (χ3v) is 5.06. The van der Waals surface area contributed by atoms with E-state index in [1.807, 2.05) is 48.5 Å². The molecule has 0 bridgehead atoms. The fraction of sp³-hybridized carbons (Fsp3) is 0.217. The second kappa shape index (κ2) is 7.70. The van der Waals surface area contributed by atoms with Crippen LogP contribution in [0.5, 0.6) is 0 Å². The minimum absolute atomic E-state index is 0.0461. The second-order valence-corrected chi connectivity index (χ2v) is 6.91. The van der Waals surface area contributed by atoms with Gasteiger partial charge in [0.25, 0.3) is 0 Å². The molecule has 27 heavy (non-hydrogen) atoms. The second-order valence-electron chi connectivity index (χ2n) is 6.91. The van der Waals surface area contributed by atoms with Crippen LogP contribution in [-0.2, 0) is 4.79 Å². The van der Waals surface area contributed by atoms with Crippen molar-refractivity contribution in [2.24, 2.45) is 0 Å². The van der Waals surface area contributed by atoms with Crippen LogP contribution in [-0.4, -0.2) is 16.9 Å². The van der Waals surface area contributed by atoms with E-state index in [2.05, 4.69) is 5.32 Å². The van der Waals surface area contributed by atoms with E-state index in [1.54, 1.807) is 12.1 Å². The van der Waals surface area contributed by atoms with Crippen LogP contribution < -0.4 is 5.32 Å². The Bertz CT molecular complexity index is 925. The first kappa shape index (κ1) is 17.4. The van der Waals surface area contributed by atoms with Gasteiger partial charge in [-0.15, -0.1) is 0 Å². The fourth-order valence-electron chi connectivity index (χ4n) is 3.76. The van der Waals surface area contributed by atoms with E-state index < -0.39 is 0 Å². The number of hydrogen-bond acceptors (Lipinski definition) is 2. The van der Waals surface area contributed by atoms with E-state index in [-0.39, 0.29) is 23.7 Å². The molecule has 1 amide bonds. The van der Waals surface area contributed by atoms with Gasteiger partial charge in [0.2, 0.25) is 5.91 Å². The highest BCUT2D eigenvalue weighted by Gasteiger charge is 2.30. The van der Waals surface area contributed by atoms with E-state index in [4.69, 9.17) is 4.98 Å². The molecule has 136 valence electrons. The van der Waals surface area contributed by atoms with Crippen LogP contribution in [0.4, 0.5) is 4.39 Å². The van der Waals surface area contributed by atoms with Crippen molar-refractivity contribution < 1.29 is 9.18 Å². The van der Waals surface area contributed by atoms with Crippen molar-refractivity contribution in [3.8, 4) is 11.3 Å². The van der Waals surface area contributed by atoms with Gasteiger partial charge in [0.1, 0.15) is 5.82 Å². The predicted molar refractivity (Wildman–Crippen MR) is 104 cm³/mol. The lowest BCUT2D eigenvalue weighted by Gasteiger charge is -2.31. The Balaban J connectivity index is 1.76. The molecule has 4 heteroatoms. The summed E-state index contributed by atoms with van der Waals surface area (Å²) < 4.78 is 13.5. The summed E-state index contributed by atoms with van der Waals surface area (Å²) in [7, 11) is 0. The smallest absolute Gasteiger partial charge is 0.220 e. The molecule has 1 aromatic heterocycles. The third-order valence-electron chi connectivity index (χ3n) is 5.06. The van der Waals surface area contributed by atoms with E-state index in [1.165, 1.54) is 12.1 Å². The average molecular weight is 360 g/mol. The molecular weight excluding hydrogens is 339 g/mol. The summed E-state index contributed by atoms with van der Waals surface area (Å²) in [6, 6.07) is 22.4. The first-order valence-corrected chi connectivity index (χ1v) is 9.28. The van der Waals surface area contributed by atoms with E-state index >= 15 is 0 Å². The van der Waals surface area contributed by atoms with Crippen molar-refractivity contribution in [1.29, 1.82) is 0 Å². The first-order chi connectivity index (χ1) is 13.2. The predicted octanol–water partition coefficient (Wildman–Crippen LogP) is 4.69. The van der Waals surface area contributed by atoms with Crippen molar-refractivity contribution >= 4 is 5.91 Å². The molecule has 0 saturated carbocycles. The number of piperidine rings is 1. The van der Waals surface area contributed by atoms with Gasteiger partial charge in [-0.2, -0.15) is 0 Å². The van der Waals surface area contributed by atoms with Crippen molar-refractivity contribution in [2.45, 2.75) is 31.2 Å². The number of pyridine rings is 1. The highest BCUT2D eigenvalue weighted by molar-refractivity contribution is 5.77. The molecule has 2 heterocycles. The first-order valence-electron chi connectivity index (χ1n) is 9.28. The molecular formula is C23H21FN2O. The molecule has 1 aliphatic rings. The number of nitrogens with zero attached hydrogens (tertiary/aromatic N) is 1. The van der Waals surface area contributed by atoms with Crippen LogP contribution in [0.1, 0.15) is 36.4 Å². The lowest BCUT2D eigenvalue weighted by Crippen LogP contribution is -2.43. The summed E-state index contributed by atoms with van der Waals surface area (Å²) in [5.41, 5.74) is 3.78. The highest BCUT2D eigenvalue weighted by atomic mass is 19.1. The normalized spacial score (nSPS) is 18.0. The quantitative estimate of drug-likeness (QED) is 0.733. The molecule has 1 saturated heterocycles. The zero-order valence-corrected chi connectivity index (χ0v) is 14.9. The Morgan fingerprint density at radius 3 is 2.48 bits per heavy atom. The number of carbonyl (C=O) groups excluding carboxylic acids is 1. The maximum absolute atomic E-state index is 13.5. The largest absolute Gasteiger partial charge is 0.352 e. The van der Waals surface area contributed by atoms with Crippen LogP contribution in [0.2, 0.25) is 0 Å². The Morgan fingerprint density at radius 2 is 1.74 bits per heavy atom. The Kier molecular flexibility index (Phi) is 4.97. The van der Waals surface area contributed by atoms with Crippen LogP contribution in [0, 0.1) is 5.82 Å². The SMILES string of the molecule is O=C1CCC[C@H]([C@@H](c2ccc(F)cc2)c2cccc(-c3ccccc3)n2)N1. The fourth-order valence-corrected chi connectivity index (χ4v) is 3.76. The minimum atomic E-state index is -0.267. The molecule has 2 aromatic carbocycles. The van der Waals surface area contributed by atoms with E-state index in [9.17, 15) is 9.18 Å². The molecule has 3 aromatic rings. The summed E-state index contributed by atoms with van der Waals surface area (Å²) in [4.78, 5) is 16.9. The van der Waals surface area contributed by atoms with Crippen LogP contribution in [0.15, 0.2) is 72.8 Å². The number of hydrogen-bond donors (Lipinski definition) is 1. The summed E-state index contributed by atoms with van der Waals surface area (Å²) in [6.07, 6.45) is 2.29. The summed E-state index contributed by atoms with van der Waals surface area (Å²) in [6.45, 7) is 0. The van der Waals surface area contributed by atoms with Gasteiger partial charge < -0.3 is 5.32 Å². The maximum Gasteiger partial charge on any atom is 0.220 e. The van der Waals surface area contributed by atoms with Crippen molar-refractivity contribution in [1.82, 2.24) is 10.3 Å². The third kappa shape index (κ3) is 3.90. The van der Waals surface area contributed by atoms with E-state index in [0.29, 0.717) is 6.42 Å². The molecule has 1 aliphatic heterocycles. The number of amides is 1. The zero-order chi connectivity index (χ0) is 18.6. The molecule has 1 N–H and O–H groups in total. The minimum Gasteiger partial charge on any atom is -0.352 e. The Hall–Kier alpha value is -3.01. The van der Waals surface area contributed by atoms with Gasteiger partial charge in [-0.25, -0.2) is 4.39 Å². The summed E-state index contributed by atoms with van der Waals surface area (Å²) in [5.74, 6) is -0.313. The number of carbonyl (C=O) groups is 1. The highest BCUT2D eigenvalue weighted by Crippen LogP contribution is 2.32. The van der Waals surface area contributed by atoms with Gasteiger partial charge in [-0.1, -0.05) is 48.5 Å². The van der Waals surface area contributed by atoms with Crippen LogP contribution >= 0.6 is 0 Å². The lowest BCUT2D eigenvalue weighted by atomic mass is 9.83. The number of rotatable bonds is 4. The lowest BCUT2D eigenvalue weighted by molar-refractivity contribution is -0.123. The van der Waals surface area contributed by atoms with Gasteiger partial charge >= 0.3 is 0 Å².